The third-order valence-electron chi connectivity index (χ3n) is 2.75. The van der Waals surface area contributed by atoms with E-state index in [4.69, 9.17) is 0 Å². The largest absolute Gasteiger partial charge is 0.478 e. The molecular weight excluding hydrogens is 230 g/mol. The van der Waals surface area contributed by atoms with Crippen molar-refractivity contribution in [3.05, 3.63) is 35.9 Å². The van der Waals surface area contributed by atoms with Gasteiger partial charge < -0.3 is 5.11 Å². The molecule has 5 heteroatoms. The molecule has 0 spiro atoms. The van der Waals surface area contributed by atoms with Crippen LogP contribution in [0.25, 0.3) is 11.1 Å². The van der Waals surface area contributed by atoms with Crippen LogP contribution in [-0.4, -0.2) is 25.8 Å². The summed E-state index contributed by atoms with van der Waals surface area (Å²) in [5.74, 6) is -0.728. The Morgan fingerprint density at radius 1 is 1.39 bits per heavy atom. The van der Waals surface area contributed by atoms with E-state index in [-0.39, 0.29) is 11.5 Å². The third kappa shape index (κ3) is 2.11. The number of rotatable bonds is 3. The highest BCUT2D eigenvalue weighted by Crippen LogP contribution is 2.29. The maximum atomic E-state index is 11.2. The molecule has 2 aromatic rings. The Hall–Kier alpha value is -2.17. The number of carboxylic acid groups (broad SMARTS) is 1. The minimum Gasteiger partial charge on any atom is -0.478 e. The maximum Gasteiger partial charge on any atom is 0.336 e. The van der Waals surface area contributed by atoms with Gasteiger partial charge in [0.2, 0.25) is 0 Å². The lowest BCUT2D eigenvalue weighted by molar-refractivity contribution is 0.0697. The maximum absolute atomic E-state index is 11.2. The van der Waals surface area contributed by atoms with Crippen molar-refractivity contribution in [2.24, 2.45) is 7.05 Å². The van der Waals surface area contributed by atoms with Gasteiger partial charge in [-0.15, -0.1) is 0 Å². The van der Waals surface area contributed by atoms with Gasteiger partial charge in [0.25, 0.3) is 0 Å². The van der Waals surface area contributed by atoms with E-state index in [0.29, 0.717) is 5.56 Å². The predicted molar refractivity (Wildman–Crippen MR) is 67.5 cm³/mol. The standard InChI is InChI=1S/C13H15N3O2/c1-8(2)12-11(7-16(3)15-12)10-6-14-5-4-9(10)13(17)18/h4-8H,1-3H3,(H,17,18). The number of aromatic carboxylic acids is 1. The van der Waals surface area contributed by atoms with Gasteiger partial charge in [0.15, 0.2) is 0 Å². The van der Waals surface area contributed by atoms with Crippen molar-refractivity contribution in [3.8, 4) is 11.1 Å². The zero-order chi connectivity index (χ0) is 13.3. The first-order valence-corrected chi connectivity index (χ1v) is 5.72. The zero-order valence-corrected chi connectivity index (χ0v) is 10.6. The second-order valence-corrected chi connectivity index (χ2v) is 4.48. The van der Waals surface area contributed by atoms with Crippen LogP contribution in [0.3, 0.4) is 0 Å². The first-order chi connectivity index (χ1) is 8.50. The summed E-state index contributed by atoms with van der Waals surface area (Å²) < 4.78 is 1.70. The molecule has 0 aliphatic rings. The molecule has 0 unspecified atom stereocenters. The highest BCUT2D eigenvalue weighted by Gasteiger charge is 2.18. The minimum absolute atomic E-state index is 0.225. The van der Waals surface area contributed by atoms with E-state index in [1.54, 1.807) is 10.9 Å². The average molecular weight is 245 g/mol. The summed E-state index contributed by atoms with van der Waals surface area (Å²) in [6.45, 7) is 4.06. The van der Waals surface area contributed by atoms with Crippen LogP contribution in [0.1, 0.15) is 35.8 Å². The van der Waals surface area contributed by atoms with Gasteiger partial charge in [-0.1, -0.05) is 13.8 Å². The molecule has 2 aromatic heterocycles. The summed E-state index contributed by atoms with van der Waals surface area (Å²) in [6, 6.07) is 1.51. The molecule has 0 amide bonds. The van der Waals surface area contributed by atoms with Gasteiger partial charge in [-0.05, 0) is 12.0 Å². The molecule has 0 atom stereocenters. The molecule has 1 N–H and O–H groups in total. The van der Waals surface area contributed by atoms with Crippen molar-refractivity contribution in [1.82, 2.24) is 14.8 Å². The first kappa shape index (κ1) is 12.3. The summed E-state index contributed by atoms with van der Waals surface area (Å²) in [5.41, 5.74) is 2.58. The summed E-state index contributed by atoms with van der Waals surface area (Å²) in [6.07, 6.45) is 4.89. The van der Waals surface area contributed by atoms with Crippen LogP contribution in [0.4, 0.5) is 0 Å². The van der Waals surface area contributed by atoms with Crippen molar-refractivity contribution in [3.63, 3.8) is 0 Å². The first-order valence-electron chi connectivity index (χ1n) is 5.72. The predicted octanol–water partition coefficient (Wildman–Crippen LogP) is 2.30. The molecule has 2 heterocycles. The normalized spacial score (nSPS) is 10.9. The van der Waals surface area contributed by atoms with Crippen molar-refractivity contribution < 1.29 is 9.90 Å². The van der Waals surface area contributed by atoms with Crippen LogP contribution in [0, 0.1) is 0 Å². The van der Waals surface area contributed by atoms with Crippen LogP contribution in [-0.2, 0) is 7.05 Å². The Morgan fingerprint density at radius 3 is 2.72 bits per heavy atom. The number of nitrogens with zero attached hydrogens (tertiary/aromatic N) is 3. The number of hydrogen-bond donors (Lipinski definition) is 1. The molecule has 0 aliphatic heterocycles. The fourth-order valence-corrected chi connectivity index (χ4v) is 1.94. The van der Waals surface area contributed by atoms with E-state index in [1.165, 1.54) is 12.3 Å². The Balaban J connectivity index is 2.65. The van der Waals surface area contributed by atoms with Crippen molar-refractivity contribution in [2.45, 2.75) is 19.8 Å². The number of aromatic nitrogens is 3. The average Bonchev–Trinajstić information content (AvgIpc) is 2.71. The molecule has 0 radical (unpaired) electrons. The number of aryl methyl sites for hydroxylation is 1. The minimum atomic E-state index is -0.953. The number of carboxylic acids is 1. The van der Waals surface area contributed by atoms with Crippen LogP contribution >= 0.6 is 0 Å². The second-order valence-electron chi connectivity index (χ2n) is 4.48. The van der Waals surface area contributed by atoms with Crippen LogP contribution < -0.4 is 0 Å². The number of pyridine rings is 1. The highest BCUT2D eigenvalue weighted by atomic mass is 16.4. The van der Waals surface area contributed by atoms with Crippen LogP contribution in [0.5, 0.6) is 0 Å². The summed E-state index contributed by atoms with van der Waals surface area (Å²) in [5, 5.41) is 13.6. The molecule has 5 nitrogen and oxygen atoms in total. The zero-order valence-electron chi connectivity index (χ0n) is 10.6. The molecule has 18 heavy (non-hydrogen) atoms. The molecule has 0 saturated heterocycles. The summed E-state index contributed by atoms with van der Waals surface area (Å²) in [7, 11) is 1.83. The van der Waals surface area contributed by atoms with Gasteiger partial charge >= 0.3 is 5.97 Å². The molecule has 0 saturated carbocycles. The van der Waals surface area contributed by atoms with Crippen molar-refractivity contribution in [1.29, 1.82) is 0 Å². The summed E-state index contributed by atoms with van der Waals surface area (Å²) >= 11 is 0. The molecule has 0 bridgehead atoms. The Kier molecular flexibility index (Phi) is 3.14. The molecule has 0 fully saturated rings. The van der Waals surface area contributed by atoms with Gasteiger partial charge in [-0.2, -0.15) is 5.10 Å². The highest BCUT2D eigenvalue weighted by molar-refractivity contribution is 5.96. The Labute approximate surface area is 105 Å². The van der Waals surface area contributed by atoms with Crippen LogP contribution in [0.15, 0.2) is 24.7 Å². The van der Waals surface area contributed by atoms with Gasteiger partial charge in [0.1, 0.15) is 0 Å². The van der Waals surface area contributed by atoms with E-state index >= 15 is 0 Å². The van der Waals surface area contributed by atoms with Crippen molar-refractivity contribution >= 4 is 5.97 Å². The van der Waals surface area contributed by atoms with Gasteiger partial charge in [-0.25, -0.2) is 4.79 Å². The van der Waals surface area contributed by atoms with E-state index in [1.807, 2.05) is 27.1 Å². The third-order valence-corrected chi connectivity index (χ3v) is 2.75. The van der Waals surface area contributed by atoms with E-state index < -0.39 is 5.97 Å². The Bertz CT molecular complexity index is 588. The fourth-order valence-electron chi connectivity index (χ4n) is 1.94. The van der Waals surface area contributed by atoms with Crippen LogP contribution in [0.2, 0.25) is 0 Å². The monoisotopic (exact) mass is 245 g/mol. The number of carbonyl (C=O) groups is 1. The summed E-state index contributed by atoms with van der Waals surface area (Å²) in [4.78, 5) is 15.2. The van der Waals surface area contributed by atoms with Gasteiger partial charge in [0, 0.05) is 36.8 Å². The van der Waals surface area contributed by atoms with E-state index in [0.717, 1.165) is 11.3 Å². The lowest BCUT2D eigenvalue weighted by atomic mass is 9.98. The quantitative estimate of drug-likeness (QED) is 0.900. The molecule has 0 aliphatic carbocycles. The molecular formula is C13H15N3O2. The Morgan fingerprint density at radius 2 is 2.11 bits per heavy atom. The van der Waals surface area contributed by atoms with E-state index in [2.05, 4.69) is 10.1 Å². The van der Waals surface area contributed by atoms with Gasteiger partial charge in [0.05, 0.1) is 11.3 Å². The topological polar surface area (TPSA) is 68.0 Å². The molecule has 94 valence electrons. The lowest BCUT2D eigenvalue weighted by Gasteiger charge is -2.07. The second kappa shape index (κ2) is 4.60. The van der Waals surface area contributed by atoms with Crippen molar-refractivity contribution in [2.75, 3.05) is 0 Å². The number of hydrogen-bond acceptors (Lipinski definition) is 3. The van der Waals surface area contributed by atoms with Gasteiger partial charge in [-0.3, -0.25) is 9.67 Å². The van der Waals surface area contributed by atoms with E-state index in [9.17, 15) is 9.90 Å². The lowest BCUT2D eigenvalue weighted by Crippen LogP contribution is -2.01. The molecule has 2 rings (SSSR count). The SMILES string of the molecule is CC(C)c1nn(C)cc1-c1cnccc1C(=O)O. The smallest absolute Gasteiger partial charge is 0.336 e. The fraction of sp³-hybridized carbons (Fsp3) is 0.308. The molecule has 0 aromatic carbocycles.